The van der Waals surface area contributed by atoms with E-state index in [9.17, 15) is 14.0 Å². The van der Waals surface area contributed by atoms with Gasteiger partial charge in [-0.3, -0.25) is 0 Å². The van der Waals surface area contributed by atoms with Crippen molar-refractivity contribution >= 4 is 11.9 Å². The molecule has 0 amide bonds. The van der Waals surface area contributed by atoms with Gasteiger partial charge in [-0.2, -0.15) is 0 Å². The smallest absolute Gasteiger partial charge is 0.343 e. The molecule has 2 aromatic carbocycles. The number of carbonyl (C=O) groups is 2. The minimum atomic E-state index is -0.796. The first-order chi connectivity index (χ1) is 17.9. The van der Waals surface area contributed by atoms with Crippen molar-refractivity contribution in [3.8, 4) is 11.5 Å². The average molecular weight is 515 g/mol. The summed E-state index contributed by atoms with van der Waals surface area (Å²) in [6.07, 6.45) is 13.6. The van der Waals surface area contributed by atoms with Gasteiger partial charge in [-0.05, 0) is 48.7 Å². The molecular formula is C31H43FO5. The fraction of sp³-hybridized carbons (Fsp3) is 0.548. The van der Waals surface area contributed by atoms with Crippen LogP contribution in [0.15, 0.2) is 42.5 Å². The molecule has 204 valence electrons. The number of benzene rings is 2. The summed E-state index contributed by atoms with van der Waals surface area (Å²) in [5.74, 6) is -1.24. The zero-order valence-corrected chi connectivity index (χ0v) is 22.7. The Labute approximate surface area is 221 Å². The van der Waals surface area contributed by atoms with E-state index in [4.69, 9.17) is 14.2 Å². The van der Waals surface area contributed by atoms with Crippen LogP contribution in [-0.2, 0) is 4.74 Å². The number of halogens is 1. The van der Waals surface area contributed by atoms with Gasteiger partial charge in [0.05, 0.1) is 24.3 Å². The van der Waals surface area contributed by atoms with Crippen molar-refractivity contribution in [3.63, 3.8) is 0 Å². The van der Waals surface area contributed by atoms with E-state index in [2.05, 4.69) is 6.92 Å². The highest BCUT2D eigenvalue weighted by molar-refractivity contribution is 5.92. The van der Waals surface area contributed by atoms with Gasteiger partial charge in [-0.15, -0.1) is 0 Å². The van der Waals surface area contributed by atoms with E-state index in [1.165, 1.54) is 63.5 Å². The zero-order chi connectivity index (χ0) is 26.9. The molecule has 0 heterocycles. The molecule has 5 nitrogen and oxygen atoms in total. The van der Waals surface area contributed by atoms with E-state index >= 15 is 0 Å². The molecule has 0 bridgehead atoms. The maximum absolute atomic E-state index is 14.4. The van der Waals surface area contributed by atoms with Gasteiger partial charge in [0.2, 0.25) is 0 Å². The highest BCUT2D eigenvalue weighted by atomic mass is 19.1. The zero-order valence-electron chi connectivity index (χ0n) is 22.7. The summed E-state index contributed by atoms with van der Waals surface area (Å²) in [5.41, 5.74) is 0.135. The average Bonchev–Trinajstić information content (AvgIpc) is 2.90. The molecule has 0 unspecified atom stereocenters. The van der Waals surface area contributed by atoms with Crippen LogP contribution in [0.1, 0.15) is 112 Å². The van der Waals surface area contributed by atoms with Crippen molar-refractivity contribution in [2.75, 3.05) is 13.2 Å². The monoisotopic (exact) mass is 514 g/mol. The maximum atomic E-state index is 14.4. The third kappa shape index (κ3) is 11.8. The molecule has 1 atom stereocenters. The Morgan fingerprint density at radius 2 is 1.38 bits per heavy atom. The van der Waals surface area contributed by atoms with Crippen molar-refractivity contribution in [1.82, 2.24) is 0 Å². The third-order valence-corrected chi connectivity index (χ3v) is 6.42. The van der Waals surface area contributed by atoms with Crippen LogP contribution in [0.25, 0.3) is 0 Å². The number of rotatable bonds is 18. The predicted octanol–water partition coefficient (Wildman–Crippen LogP) is 8.55. The molecule has 2 rings (SSSR count). The summed E-state index contributed by atoms with van der Waals surface area (Å²) in [6, 6.07) is 10.3. The van der Waals surface area contributed by atoms with Crippen LogP contribution in [0.2, 0.25) is 0 Å². The first-order valence-electron chi connectivity index (χ1n) is 13.9. The van der Waals surface area contributed by atoms with Gasteiger partial charge in [-0.25, -0.2) is 14.0 Å². The Bertz CT molecular complexity index is 941. The Morgan fingerprint density at radius 3 is 1.97 bits per heavy atom. The van der Waals surface area contributed by atoms with Gasteiger partial charge >= 0.3 is 11.9 Å². The lowest BCUT2D eigenvalue weighted by Crippen LogP contribution is -2.13. The molecule has 2 aromatic rings. The van der Waals surface area contributed by atoms with Crippen molar-refractivity contribution in [2.45, 2.75) is 91.4 Å². The molecule has 0 saturated carbocycles. The van der Waals surface area contributed by atoms with E-state index < -0.39 is 17.8 Å². The van der Waals surface area contributed by atoms with E-state index in [1.807, 2.05) is 13.8 Å². The summed E-state index contributed by atoms with van der Waals surface area (Å²) >= 11 is 0. The topological polar surface area (TPSA) is 61.8 Å². The molecule has 0 aliphatic heterocycles. The van der Waals surface area contributed by atoms with Gasteiger partial charge in [-0.1, -0.05) is 85.0 Å². The van der Waals surface area contributed by atoms with Gasteiger partial charge in [0, 0.05) is 6.07 Å². The van der Waals surface area contributed by atoms with Crippen molar-refractivity contribution in [2.24, 2.45) is 5.92 Å². The van der Waals surface area contributed by atoms with E-state index in [0.29, 0.717) is 17.9 Å². The predicted molar refractivity (Wildman–Crippen MR) is 145 cm³/mol. The maximum Gasteiger partial charge on any atom is 0.343 e. The SMILES string of the molecule is CCCCCCCCCCCCOc1ccc(C(=O)Oc2ccc(C(=O)OC[C@@H](C)CC)c(F)c2)cc1. The molecule has 0 saturated heterocycles. The van der Waals surface area contributed by atoms with Crippen LogP contribution in [0, 0.1) is 11.7 Å². The minimum absolute atomic E-state index is 0.0160. The first kappa shape index (κ1) is 30.3. The molecule has 0 N–H and O–H groups in total. The Balaban J connectivity index is 1.70. The number of unbranched alkanes of at least 4 members (excludes halogenated alkanes) is 9. The normalized spacial score (nSPS) is 11.7. The fourth-order valence-electron chi connectivity index (χ4n) is 3.77. The molecule has 6 heteroatoms. The molecule has 0 aromatic heterocycles. The van der Waals surface area contributed by atoms with Gasteiger partial charge in [0.15, 0.2) is 0 Å². The van der Waals surface area contributed by atoms with Crippen LogP contribution in [-0.4, -0.2) is 25.2 Å². The molecule has 0 aliphatic carbocycles. The van der Waals surface area contributed by atoms with Crippen molar-refractivity contribution < 1.29 is 28.2 Å². The summed E-state index contributed by atoms with van der Waals surface area (Å²) in [7, 11) is 0. The minimum Gasteiger partial charge on any atom is -0.494 e. The van der Waals surface area contributed by atoms with Crippen LogP contribution in [0.4, 0.5) is 4.39 Å². The van der Waals surface area contributed by atoms with Crippen LogP contribution in [0.3, 0.4) is 0 Å². The number of hydrogen-bond acceptors (Lipinski definition) is 5. The summed E-state index contributed by atoms with van der Waals surface area (Å²) in [4.78, 5) is 24.5. The van der Waals surface area contributed by atoms with Crippen molar-refractivity contribution in [3.05, 3.63) is 59.4 Å². The number of hydrogen-bond donors (Lipinski definition) is 0. The molecule has 0 aliphatic rings. The van der Waals surface area contributed by atoms with Gasteiger partial charge < -0.3 is 14.2 Å². The molecule has 0 radical (unpaired) electrons. The Kier molecular flexibility index (Phi) is 14.4. The molecule has 0 fully saturated rings. The van der Waals surface area contributed by atoms with Gasteiger partial charge in [0.1, 0.15) is 17.3 Å². The van der Waals surface area contributed by atoms with E-state index in [1.54, 1.807) is 24.3 Å². The lowest BCUT2D eigenvalue weighted by molar-refractivity contribution is 0.0441. The summed E-state index contributed by atoms with van der Waals surface area (Å²) < 4.78 is 30.6. The van der Waals surface area contributed by atoms with Crippen LogP contribution < -0.4 is 9.47 Å². The van der Waals surface area contributed by atoms with Crippen molar-refractivity contribution in [1.29, 1.82) is 0 Å². The second-order valence-corrected chi connectivity index (χ2v) is 9.70. The number of carbonyl (C=O) groups excluding carboxylic acids is 2. The molecule has 0 spiro atoms. The summed E-state index contributed by atoms with van der Waals surface area (Å²) in [5, 5.41) is 0. The van der Waals surface area contributed by atoms with Crippen LogP contribution >= 0.6 is 0 Å². The fourth-order valence-corrected chi connectivity index (χ4v) is 3.77. The second-order valence-electron chi connectivity index (χ2n) is 9.70. The quantitative estimate of drug-likeness (QED) is 0.113. The van der Waals surface area contributed by atoms with E-state index in [-0.39, 0.29) is 23.8 Å². The highest BCUT2D eigenvalue weighted by Gasteiger charge is 2.17. The Hall–Kier alpha value is -2.89. The number of esters is 2. The standard InChI is InChI=1S/C31H43FO5/c1-4-6-7-8-9-10-11-12-13-14-21-35-26-17-15-25(16-18-26)30(33)37-27-19-20-28(29(32)22-27)31(34)36-23-24(3)5-2/h15-20,22,24H,4-14,21,23H2,1-3H3/t24-/m0/s1. The molecular weight excluding hydrogens is 471 g/mol. The lowest BCUT2D eigenvalue weighted by atomic mass is 10.1. The van der Waals surface area contributed by atoms with Crippen LogP contribution in [0.5, 0.6) is 11.5 Å². The lowest BCUT2D eigenvalue weighted by Gasteiger charge is -2.11. The van der Waals surface area contributed by atoms with E-state index in [0.717, 1.165) is 25.3 Å². The summed E-state index contributed by atoms with van der Waals surface area (Å²) in [6.45, 7) is 7.05. The van der Waals surface area contributed by atoms with Gasteiger partial charge in [0.25, 0.3) is 0 Å². The highest BCUT2D eigenvalue weighted by Crippen LogP contribution is 2.20. The first-order valence-corrected chi connectivity index (χ1v) is 13.9. The molecule has 37 heavy (non-hydrogen) atoms. The third-order valence-electron chi connectivity index (χ3n) is 6.42. The number of ether oxygens (including phenoxy) is 3. The largest absolute Gasteiger partial charge is 0.494 e. The second kappa shape index (κ2) is 17.5. The Morgan fingerprint density at radius 1 is 0.784 bits per heavy atom.